The van der Waals surface area contributed by atoms with Crippen LogP contribution in [-0.2, 0) is 5.41 Å². The lowest BCUT2D eigenvalue weighted by atomic mass is 9.73. The van der Waals surface area contributed by atoms with E-state index in [1.165, 1.54) is 6.07 Å². The normalized spacial score (nSPS) is 12.2. The number of benzene rings is 1. The number of carbonyl (C=O) groups is 1. The Labute approximate surface area is 167 Å². The Hall–Kier alpha value is -2.27. The molecule has 2 rings (SSSR count). The largest absolute Gasteiger partial charge is 0.490 e. The average molecular weight is 389 g/mol. The Morgan fingerprint density at radius 2 is 1.68 bits per heavy atom. The van der Waals surface area contributed by atoms with E-state index in [2.05, 4.69) is 19.9 Å². The van der Waals surface area contributed by atoms with Gasteiger partial charge in [0.15, 0.2) is 0 Å². The van der Waals surface area contributed by atoms with E-state index in [-0.39, 0.29) is 12.4 Å². The van der Waals surface area contributed by atoms with Crippen molar-refractivity contribution in [2.24, 2.45) is 0 Å². The molecule has 0 saturated carbocycles. The second-order valence-electron chi connectivity index (χ2n) is 7.46. The van der Waals surface area contributed by atoms with Crippen LogP contribution in [0.3, 0.4) is 0 Å². The molecule has 0 aliphatic heterocycles. The summed E-state index contributed by atoms with van der Waals surface area (Å²) >= 11 is 0. The number of aliphatic hydroxyl groups is 1. The first-order valence-electron chi connectivity index (χ1n) is 10.0. The van der Waals surface area contributed by atoms with Crippen molar-refractivity contribution in [3.63, 3.8) is 0 Å². The van der Waals surface area contributed by atoms with Crippen molar-refractivity contribution in [2.45, 2.75) is 71.3 Å². The van der Waals surface area contributed by atoms with Gasteiger partial charge >= 0.3 is 5.97 Å². The number of carboxylic acids is 1. The van der Waals surface area contributed by atoms with Crippen LogP contribution in [0.15, 0.2) is 34.7 Å². The lowest BCUT2D eigenvalue weighted by molar-refractivity contribution is -0.0115. The standard InChI is InChI=1S/C23H32O5/c1-6-22(26,7-2)15-27-18-11-10-17(14-16(18)5)23(8-3,9-4)20-13-12-19(28-20)21(24)25/h10-14,26H,6-9,15H2,1-5H3,(H,24,25). The molecule has 5 heteroatoms. The number of carboxylic acid groups (broad SMARTS) is 1. The zero-order chi connectivity index (χ0) is 20.9. The van der Waals surface area contributed by atoms with Gasteiger partial charge in [-0.15, -0.1) is 0 Å². The summed E-state index contributed by atoms with van der Waals surface area (Å²) in [5.41, 5.74) is 0.825. The van der Waals surface area contributed by atoms with Crippen LogP contribution >= 0.6 is 0 Å². The summed E-state index contributed by atoms with van der Waals surface area (Å²) in [6.45, 7) is 10.3. The summed E-state index contributed by atoms with van der Waals surface area (Å²) in [6, 6.07) is 9.28. The highest BCUT2D eigenvalue weighted by Crippen LogP contribution is 2.41. The van der Waals surface area contributed by atoms with E-state index in [0.717, 1.165) is 29.7 Å². The quantitative estimate of drug-likeness (QED) is 0.576. The van der Waals surface area contributed by atoms with E-state index in [1.54, 1.807) is 6.07 Å². The maximum absolute atomic E-state index is 11.2. The Morgan fingerprint density at radius 1 is 1.04 bits per heavy atom. The lowest BCUT2D eigenvalue weighted by Gasteiger charge is -2.31. The summed E-state index contributed by atoms with van der Waals surface area (Å²) < 4.78 is 11.6. The summed E-state index contributed by atoms with van der Waals surface area (Å²) in [4.78, 5) is 11.2. The SMILES string of the molecule is CCC(O)(CC)COc1ccc(C(CC)(CC)c2ccc(C(=O)O)o2)cc1C. The number of aryl methyl sites for hydroxylation is 1. The molecule has 1 aromatic carbocycles. The third-order valence-corrected chi connectivity index (χ3v) is 6.04. The summed E-state index contributed by atoms with van der Waals surface area (Å²) in [5, 5.41) is 19.6. The third-order valence-electron chi connectivity index (χ3n) is 6.04. The molecule has 0 fully saturated rings. The summed E-state index contributed by atoms with van der Waals surface area (Å²) in [7, 11) is 0. The van der Waals surface area contributed by atoms with Gasteiger partial charge in [0.05, 0.1) is 11.0 Å². The Morgan fingerprint density at radius 3 is 2.14 bits per heavy atom. The average Bonchev–Trinajstić information content (AvgIpc) is 3.19. The molecule has 28 heavy (non-hydrogen) atoms. The van der Waals surface area contributed by atoms with Crippen LogP contribution in [0, 0.1) is 6.92 Å². The van der Waals surface area contributed by atoms with Crippen LogP contribution in [0.25, 0.3) is 0 Å². The fourth-order valence-electron chi connectivity index (χ4n) is 3.63. The number of aromatic carboxylic acids is 1. The van der Waals surface area contributed by atoms with Crippen molar-refractivity contribution >= 4 is 5.97 Å². The smallest absolute Gasteiger partial charge is 0.371 e. The fraction of sp³-hybridized carbons (Fsp3) is 0.522. The monoisotopic (exact) mass is 388 g/mol. The number of rotatable bonds is 10. The summed E-state index contributed by atoms with van der Waals surface area (Å²) in [6.07, 6.45) is 2.84. The topological polar surface area (TPSA) is 79.9 Å². The van der Waals surface area contributed by atoms with Crippen LogP contribution in [0.2, 0.25) is 0 Å². The lowest BCUT2D eigenvalue weighted by Crippen LogP contribution is -2.34. The van der Waals surface area contributed by atoms with E-state index in [4.69, 9.17) is 9.15 Å². The molecule has 0 unspecified atom stereocenters. The van der Waals surface area contributed by atoms with Gasteiger partial charge < -0.3 is 19.4 Å². The van der Waals surface area contributed by atoms with E-state index in [1.807, 2.05) is 32.9 Å². The fourth-order valence-corrected chi connectivity index (χ4v) is 3.63. The minimum absolute atomic E-state index is 0.0450. The molecule has 5 nitrogen and oxygen atoms in total. The molecule has 154 valence electrons. The maximum Gasteiger partial charge on any atom is 0.371 e. The zero-order valence-electron chi connectivity index (χ0n) is 17.5. The number of ether oxygens (including phenoxy) is 1. The molecule has 0 atom stereocenters. The predicted molar refractivity (Wildman–Crippen MR) is 109 cm³/mol. The van der Waals surface area contributed by atoms with Crippen molar-refractivity contribution in [1.29, 1.82) is 0 Å². The molecule has 0 bridgehead atoms. The molecule has 0 spiro atoms. The summed E-state index contributed by atoms with van der Waals surface area (Å²) in [5.74, 6) is 0.299. The van der Waals surface area contributed by atoms with Gasteiger partial charge in [-0.3, -0.25) is 0 Å². The first-order chi connectivity index (χ1) is 13.2. The zero-order valence-corrected chi connectivity index (χ0v) is 17.5. The van der Waals surface area contributed by atoms with Gasteiger partial charge in [-0.05, 0) is 61.9 Å². The molecule has 0 aliphatic rings. The first-order valence-corrected chi connectivity index (χ1v) is 10.0. The van der Waals surface area contributed by atoms with Crippen molar-refractivity contribution in [3.8, 4) is 5.75 Å². The molecule has 1 aromatic heterocycles. The first kappa shape index (κ1) is 22.0. The van der Waals surface area contributed by atoms with E-state index < -0.39 is 17.0 Å². The predicted octanol–water partition coefficient (Wildman–Crippen LogP) is 5.32. The van der Waals surface area contributed by atoms with E-state index in [0.29, 0.717) is 18.6 Å². The highest BCUT2D eigenvalue weighted by molar-refractivity contribution is 5.84. The molecule has 0 radical (unpaired) electrons. The molecular formula is C23H32O5. The van der Waals surface area contributed by atoms with Gasteiger partial charge in [0, 0.05) is 0 Å². The van der Waals surface area contributed by atoms with E-state index >= 15 is 0 Å². The molecule has 2 N–H and O–H groups in total. The van der Waals surface area contributed by atoms with Crippen molar-refractivity contribution in [1.82, 2.24) is 0 Å². The minimum Gasteiger partial charge on any atom is -0.490 e. The number of furan rings is 1. The molecule has 2 aromatic rings. The van der Waals surface area contributed by atoms with Crippen molar-refractivity contribution < 1.29 is 24.2 Å². The van der Waals surface area contributed by atoms with Gasteiger partial charge in [0.1, 0.15) is 18.1 Å². The third kappa shape index (κ3) is 4.25. The second kappa shape index (κ2) is 8.82. The highest BCUT2D eigenvalue weighted by atomic mass is 16.5. The maximum atomic E-state index is 11.2. The van der Waals surface area contributed by atoms with Crippen LogP contribution < -0.4 is 4.74 Å². The van der Waals surface area contributed by atoms with Gasteiger partial charge in [-0.2, -0.15) is 0 Å². The van der Waals surface area contributed by atoms with Crippen LogP contribution in [0.1, 0.15) is 80.8 Å². The Kier molecular flexibility index (Phi) is 6.94. The van der Waals surface area contributed by atoms with Crippen LogP contribution in [0.5, 0.6) is 5.75 Å². The minimum atomic E-state index is -1.06. The molecule has 1 heterocycles. The molecule has 0 saturated heterocycles. The van der Waals surface area contributed by atoms with Gasteiger partial charge in [0.2, 0.25) is 5.76 Å². The van der Waals surface area contributed by atoms with Crippen molar-refractivity contribution in [2.75, 3.05) is 6.61 Å². The number of hydrogen-bond donors (Lipinski definition) is 2. The number of hydrogen-bond acceptors (Lipinski definition) is 4. The van der Waals surface area contributed by atoms with Crippen molar-refractivity contribution in [3.05, 3.63) is 53.0 Å². The molecule has 0 amide bonds. The van der Waals surface area contributed by atoms with Gasteiger partial charge in [0.25, 0.3) is 0 Å². The van der Waals surface area contributed by atoms with Crippen LogP contribution in [-0.4, -0.2) is 28.4 Å². The highest BCUT2D eigenvalue weighted by Gasteiger charge is 2.35. The molecule has 0 aliphatic carbocycles. The Balaban J connectivity index is 2.35. The molecular weight excluding hydrogens is 356 g/mol. The Bertz CT molecular complexity index is 797. The van der Waals surface area contributed by atoms with E-state index in [9.17, 15) is 15.0 Å². The second-order valence-corrected chi connectivity index (χ2v) is 7.46. The van der Waals surface area contributed by atoms with Gasteiger partial charge in [-0.25, -0.2) is 4.79 Å². The van der Waals surface area contributed by atoms with Crippen LogP contribution in [0.4, 0.5) is 0 Å². The van der Waals surface area contributed by atoms with Gasteiger partial charge in [-0.1, -0.05) is 39.8 Å².